The Kier molecular flexibility index (Phi) is 7.37. The number of thioether (sulfide) groups is 1. The number of amides is 2. The van der Waals surface area contributed by atoms with Crippen molar-refractivity contribution in [1.82, 2.24) is 10.2 Å². The standard InChI is InChI=1S/C22H26N2O3S/c1-27-19-7-9-20(10-8-19)28-16-13-21(25)24-14-11-18(12-15-24)23-22(26)17-5-3-2-4-6-17/h2-10,18H,11-16H2,1H3,(H,23,26). The van der Waals surface area contributed by atoms with E-state index in [-0.39, 0.29) is 17.9 Å². The molecule has 148 valence electrons. The van der Waals surface area contributed by atoms with Crippen molar-refractivity contribution in [2.75, 3.05) is 26.0 Å². The van der Waals surface area contributed by atoms with Gasteiger partial charge in [-0.05, 0) is 49.2 Å². The van der Waals surface area contributed by atoms with Crippen molar-refractivity contribution in [2.24, 2.45) is 0 Å². The van der Waals surface area contributed by atoms with Crippen LogP contribution in [0.25, 0.3) is 0 Å². The van der Waals surface area contributed by atoms with E-state index in [0.29, 0.717) is 25.1 Å². The number of nitrogens with one attached hydrogen (secondary N) is 1. The molecule has 1 heterocycles. The van der Waals surface area contributed by atoms with Gasteiger partial charge in [-0.3, -0.25) is 9.59 Å². The lowest BCUT2D eigenvalue weighted by atomic mass is 10.0. The third-order valence-corrected chi connectivity index (χ3v) is 5.88. The first-order chi connectivity index (χ1) is 13.7. The van der Waals surface area contributed by atoms with Gasteiger partial charge in [0.1, 0.15) is 5.75 Å². The molecular formula is C22H26N2O3S. The number of hydrogen-bond acceptors (Lipinski definition) is 4. The first-order valence-electron chi connectivity index (χ1n) is 9.56. The van der Waals surface area contributed by atoms with Crippen molar-refractivity contribution < 1.29 is 14.3 Å². The predicted molar refractivity (Wildman–Crippen MR) is 112 cm³/mol. The third kappa shape index (κ3) is 5.76. The van der Waals surface area contributed by atoms with Gasteiger partial charge in [0.25, 0.3) is 5.91 Å². The topological polar surface area (TPSA) is 58.6 Å². The fourth-order valence-corrected chi connectivity index (χ4v) is 4.06. The fraction of sp³-hybridized carbons (Fsp3) is 0.364. The fourth-order valence-electron chi connectivity index (χ4n) is 3.22. The molecule has 1 aliphatic heterocycles. The van der Waals surface area contributed by atoms with Crippen molar-refractivity contribution in [1.29, 1.82) is 0 Å². The van der Waals surface area contributed by atoms with Gasteiger partial charge in [0.2, 0.25) is 5.91 Å². The maximum atomic E-state index is 12.4. The number of likely N-dealkylation sites (tertiary alicyclic amines) is 1. The number of benzene rings is 2. The minimum Gasteiger partial charge on any atom is -0.497 e. The molecule has 6 heteroatoms. The van der Waals surface area contributed by atoms with Crippen molar-refractivity contribution in [3.05, 3.63) is 60.2 Å². The van der Waals surface area contributed by atoms with Crippen LogP contribution in [0.1, 0.15) is 29.6 Å². The third-order valence-electron chi connectivity index (χ3n) is 4.86. The summed E-state index contributed by atoms with van der Waals surface area (Å²) < 4.78 is 5.15. The van der Waals surface area contributed by atoms with Gasteiger partial charge in [-0.25, -0.2) is 0 Å². The molecule has 1 N–H and O–H groups in total. The zero-order valence-electron chi connectivity index (χ0n) is 16.1. The second-order valence-electron chi connectivity index (χ2n) is 6.77. The number of nitrogens with zero attached hydrogens (tertiary/aromatic N) is 1. The van der Waals surface area contributed by atoms with E-state index in [2.05, 4.69) is 5.32 Å². The summed E-state index contributed by atoms with van der Waals surface area (Å²) in [4.78, 5) is 27.7. The minimum absolute atomic E-state index is 0.0405. The Balaban J connectivity index is 1.37. The summed E-state index contributed by atoms with van der Waals surface area (Å²) in [6.45, 7) is 1.40. The zero-order chi connectivity index (χ0) is 19.8. The van der Waals surface area contributed by atoms with E-state index in [4.69, 9.17) is 4.74 Å². The van der Waals surface area contributed by atoms with E-state index in [1.165, 1.54) is 0 Å². The summed E-state index contributed by atoms with van der Waals surface area (Å²) in [6, 6.07) is 17.3. The molecule has 1 aliphatic rings. The smallest absolute Gasteiger partial charge is 0.251 e. The van der Waals surface area contributed by atoms with E-state index >= 15 is 0 Å². The van der Waals surface area contributed by atoms with Crippen LogP contribution in [-0.4, -0.2) is 48.7 Å². The second kappa shape index (κ2) is 10.2. The van der Waals surface area contributed by atoms with Crippen LogP contribution in [0.3, 0.4) is 0 Å². The van der Waals surface area contributed by atoms with Crippen molar-refractivity contribution >= 4 is 23.6 Å². The Hall–Kier alpha value is -2.47. The molecule has 0 aliphatic carbocycles. The minimum atomic E-state index is -0.0405. The lowest BCUT2D eigenvalue weighted by Gasteiger charge is -2.32. The molecule has 0 spiro atoms. The van der Waals surface area contributed by atoms with Crippen LogP contribution >= 0.6 is 11.8 Å². The van der Waals surface area contributed by atoms with Crippen LogP contribution < -0.4 is 10.1 Å². The van der Waals surface area contributed by atoms with E-state index < -0.39 is 0 Å². The SMILES string of the molecule is COc1ccc(SCCC(=O)N2CCC(NC(=O)c3ccccc3)CC2)cc1. The largest absolute Gasteiger partial charge is 0.497 e. The lowest BCUT2D eigenvalue weighted by molar-refractivity contribution is -0.131. The van der Waals surface area contributed by atoms with Crippen molar-refractivity contribution in [3.8, 4) is 5.75 Å². The quantitative estimate of drug-likeness (QED) is 0.724. The van der Waals surface area contributed by atoms with Gasteiger partial charge in [-0.15, -0.1) is 11.8 Å². The lowest BCUT2D eigenvalue weighted by Crippen LogP contribution is -2.46. The van der Waals surface area contributed by atoms with E-state index in [1.807, 2.05) is 59.5 Å². The van der Waals surface area contributed by atoms with Crippen molar-refractivity contribution in [2.45, 2.75) is 30.2 Å². The first-order valence-corrected chi connectivity index (χ1v) is 10.5. The highest BCUT2D eigenvalue weighted by Crippen LogP contribution is 2.22. The highest BCUT2D eigenvalue weighted by atomic mass is 32.2. The number of methoxy groups -OCH3 is 1. The molecule has 0 aromatic heterocycles. The maximum Gasteiger partial charge on any atom is 0.251 e. The van der Waals surface area contributed by atoms with Gasteiger partial charge < -0.3 is 15.0 Å². The number of piperidine rings is 1. The Morgan fingerprint density at radius 2 is 1.75 bits per heavy atom. The molecule has 0 radical (unpaired) electrons. The average molecular weight is 399 g/mol. The molecule has 1 fully saturated rings. The number of ether oxygens (including phenoxy) is 1. The molecule has 1 saturated heterocycles. The Labute approximate surface area is 170 Å². The summed E-state index contributed by atoms with van der Waals surface area (Å²) in [5.41, 5.74) is 0.677. The Morgan fingerprint density at radius 3 is 2.39 bits per heavy atom. The van der Waals surface area contributed by atoms with E-state index in [0.717, 1.165) is 29.2 Å². The highest BCUT2D eigenvalue weighted by molar-refractivity contribution is 7.99. The van der Waals surface area contributed by atoms with Crippen LogP contribution in [0.4, 0.5) is 0 Å². The van der Waals surface area contributed by atoms with E-state index in [9.17, 15) is 9.59 Å². The zero-order valence-corrected chi connectivity index (χ0v) is 16.9. The normalized spacial score (nSPS) is 14.5. The monoisotopic (exact) mass is 398 g/mol. The molecule has 0 atom stereocenters. The molecule has 28 heavy (non-hydrogen) atoms. The van der Waals surface area contributed by atoms with Crippen LogP contribution in [0.5, 0.6) is 5.75 Å². The summed E-state index contributed by atoms with van der Waals surface area (Å²) in [5.74, 6) is 1.74. The molecule has 0 unspecified atom stereocenters. The van der Waals surface area contributed by atoms with Crippen LogP contribution in [-0.2, 0) is 4.79 Å². The molecule has 5 nitrogen and oxygen atoms in total. The number of carbonyl (C=O) groups excluding carboxylic acids is 2. The average Bonchev–Trinajstić information content (AvgIpc) is 2.75. The number of rotatable bonds is 7. The van der Waals surface area contributed by atoms with Crippen molar-refractivity contribution in [3.63, 3.8) is 0 Å². The summed E-state index contributed by atoms with van der Waals surface area (Å²) in [6.07, 6.45) is 2.13. The molecule has 0 saturated carbocycles. The molecule has 2 amide bonds. The van der Waals surface area contributed by atoms with Gasteiger partial charge >= 0.3 is 0 Å². The first kappa shape index (κ1) is 20.3. The van der Waals surface area contributed by atoms with Crippen LogP contribution in [0, 0.1) is 0 Å². The Bertz CT molecular complexity index is 772. The number of hydrogen-bond donors (Lipinski definition) is 1. The summed E-state index contributed by atoms with van der Waals surface area (Å²) in [7, 11) is 1.65. The van der Waals surface area contributed by atoms with Crippen LogP contribution in [0.15, 0.2) is 59.5 Å². The van der Waals surface area contributed by atoms with Gasteiger partial charge in [0.15, 0.2) is 0 Å². The molecule has 2 aromatic carbocycles. The molecule has 2 aromatic rings. The van der Waals surface area contributed by atoms with Gasteiger partial charge in [-0.1, -0.05) is 18.2 Å². The highest BCUT2D eigenvalue weighted by Gasteiger charge is 2.23. The molecular weight excluding hydrogens is 372 g/mol. The summed E-state index contributed by atoms with van der Waals surface area (Å²) in [5, 5.41) is 3.08. The second-order valence-corrected chi connectivity index (χ2v) is 7.94. The van der Waals surface area contributed by atoms with Gasteiger partial charge in [0.05, 0.1) is 7.11 Å². The van der Waals surface area contributed by atoms with Crippen LogP contribution in [0.2, 0.25) is 0 Å². The Morgan fingerprint density at radius 1 is 1.07 bits per heavy atom. The van der Waals surface area contributed by atoms with Gasteiger partial charge in [0, 0.05) is 41.8 Å². The van der Waals surface area contributed by atoms with E-state index in [1.54, 1.807) is 18.9 Å². The number of carbonyl (C=O) groups is 2. The van der Waals surface area contributed by atoms with Gasteiger partial charge in [-0.2, -0.15) is 0 Å². The maximum absolute atomic E-state index is 12.4. The predicted octanol–water partition coefficient (Wildman–Crippen LogP) is 3.60. The molecule has 3 rings (SSSR count). The summed E-state index contributed by atoms with van der Waals surface area (Å²) >= 11 is 1.68. The molecule has 0 bridgehead atoms.